The van der Waals surface area contributed by atoms with Gasteiger partial charge in [-0.2, -0.15) is 0 Å². The van der Waals surface area contributed by atoms with Crippen LogP contribution < -0.4 is 11.1 Å². The molecule has 106 valence electrons. The van der Waals surface area contributed by atoms with Gasteiger partial charge in [0.05, 0.1) is 11.3 Å². The largest absolute Gasteiger partial charge is 0.366 e. The van der Waals surface area contributed by atoms with Gasteiger partial charge in [-0.3, -0.25) is 9.59 Å². The fraction of sp³-hybridized carbons (Fsp3) is 0. The van der Waals surface area contributed by atoms with Gasteiger partial charge in [-0.15, -0.1) is 0 Å². The molecule has 0 unspecified atom stereocenters. The average molecular weight is 301 g/mol. The highest BCUT2D eigenvalue weighted by molar-refractivity contribution is 6.30. The third-order valence-corrected chi connectivity index (χ3v) is 3.00. The van der Waals surface area contributed by atoms with Crippen LogP contribution in [0.5, 0.6) is 0 Å². The number of primary amides is 1. The Morgan fingerprint density at radius 2 is 1.71 bits per heavy atom. The van der Waals surface area contributed by atoms with Crippen molar-refractivity contribution >= 4 is 35.2 Å². The van der Waals surface area contributed by atoms with Gasteiger partial charge in [0.15, 0.2) is 0 Å². The van der Waals surface area contributed by atoms with E-state index in [0.29, 0.717) is 10.7 Å². The molecule has 2 aromatic rings. The number of hydrogen-bond acceptors (Lipinski definition) is 2. The Morgan fingerprint density at radius 1 is 1.05 bits per heavy atom. The van der Waals surface area contributed by atoms with Crippen LogP contribution in [0.2, 0.25) is 5.02 Å². The zero-order chi connectivity index (χ0) is 15.2. The molecule has 0 atom stereocenters. The summed E-state index contributed by atoms with van der Waals surface area (Å²) in [5.41, 5.74) is 6.75. The molecule has 2 amide bonds. The van der Waals surface area contributed by atoms with Gasteiger partial charge in [-0.1, -0.05) is 35.9 Å². The van der Waals surface area contributed by atoms with Gasteiger partial charge in [0.2, 0.25) is 5.91 Å². The fourth-order valence-corrected chi connectivity index (χ4v) is 1.85. The van der Waals surface area contributed by atoms with Crippen LogP contribution in [-0.2, 0) is 4.79 Å². The van der Waals surface area contributed by atoms with Gasteiger partial charge < -0.3 is 11.1 Å². The fourth-order valence-electron chi connectivity index (χ4n) is 1.73. The lowest BCUT2D eigenvalue weighted by atomic mass is 10.1. The Hall–Kier alpha value is -2.59. The molecule has 0 radical (unpaired) electrons. The summed E-state index contributed by atoms with van der Waals surface area (Å²) in [6.45, 7) is 0. The molecule has 0 spiro atoms. The van der Waals surface area contributed by atoms with Crippen molar-refractivity contribution in [1.29, 1.82) is 0 Å². The molecule has 0 saturated carbocycles. The highest BCUT2D eigenvalue weighted by Gasteiger charge is 2.08. The van der Waals surface area contributed by atoms with Gasteiger partial charge in [0.25, 0.3) is 5.91 Å². The molecule has 21 heavy (non-hydrogen) atoms. The lowest BCUT2D eigenvalue weighted by Gasteiger charge is -2.06. The normalized spacial score (nSPS) is 10.5. The number of halogens is 1. The molecule has 0 aliphatic rings. The minimum Gasteiger partial charge on any atom is -0.366 e. The van der Waals surface area contributed by atoms with Crippen LogP contribution in [0.1, 0.15) is 15.9 Å². The zero-order valence-corrected chi connectivity index (χ0v) is 11.8. The number of rotatable bonds is 4. The van der Waals surface area contributed by atoms with Crippen molar-refractivity contribution in [2.24, 2.45) is 5.73 Å². The van der Waals surface area contributed by atoms with Crippen molar-refractivity contribution in [2.75, 3.05) is 5.32 Å². The maximum atomic E-state index is 11.9. The third kappa shape index (κ3) is 4.19. The summed E-state index contributed by atoms with van der Waals surface area (Å²) < 4.78 is 0. The second kappa shape index (κ2) is 6.72. The summed E-state index contributed by atoms with van der Waals surface area (Å²) in [7, 11) is 0. The number of amides is 2. The lowest BCUT2D eigenvalue weighted by molar-refractivity contribution is -0.111. The minimum atomic E-state index is -0.590. The number of benzene rings is 2. The molecule has 5 heteroatoms. The van der Waals surface area contributed by atoms with E-state index in [1.54, 1.807) is 54.6 Å². The monoisotopic (exact) mass is 300 g/mol. The summed E-state index contributed by atoms with van der Waals surface area (Å²) in [5, 5.41) is 3.25. The van der Waals surface area contributed by atoms with Crippen LogP contribution in [0.4, 0.5) is 5.69 Å². The van der Waals surface area contributed by atoms with Gasteiger partial charge in [-0.25, -0.2) is 0 Å². The van der Waals surface area contributed by atoms with Crippen LogP contribution in [-0.4, -0.2) is 11.8 Å². The van der Waals surface area contributed by atoms with E-state index in [0.717, 1.165) is 5.56 Å². The van der Waals surface area contributed by atoms with E-state index in [4.69, 9.17) is 17.3 Å². The van der Waals surface area contributed by atoms with E-state index in [2.05, 4.69) is 5.32 Å². The molecule has 2 rings (SSSR count). The lowest BCUT2D eigenvalue weighted by Crippen LogP contribution is -2.16. The summed E-state index contributed by atoms with van der Waals surface area (Å²) in [4.78, 5) is 23.1. The predicted molar refractivity (Wildman–Crippen MR) is 84.1 cm³/mol. The number of nitrogens with two attached hydrogens (primary N) is 1. The second-order valence-electron chi connectivity index (χ2n) is 4.28. The first-order chi connectivity index (χ1) is 10.1. The van der Waals surface area contributed by atoms with Crippen LogP contribution in [0.25, 0.3) is 6.08 Å². The first-order valence-corrected chi connectivity index (χ1v) is 6.57. The molecule has 3 N–H and O–H groups in total. The summed E-state index contributed by atoms with van der Waals surface area (Å²) in [5.74, 6) is -0.939. The quantitative estimate of drug-likeness (QED) is 0.852. The average Bonchev–Trinajstić information content (AvgIpc) is 2.47. The Labute approximate surface area is 127 Å². The van der Waals surface area contributed by atoms with Gasteiger partial charge in [-0.05, 0) is 35.9 Å². The van der Waals surface area contributed by atoms with Crippen LogP contribution in [0.3, 0.4) is 0 Å². The third-order valence-electron chi connectivity index (χ3n) is 2.75. The Bertz CT molecular complexity index is 694. The zero-order valence-electron chi connectivity index (χ0n) is 11.0. The summed E-state index contributed by atoms with van der Waals surface area (Å²) >= 11 is 5.78. The molecule has 0 aliphatic heterocycles. The van der Waals surface area contributed by atoms with Crippen LogP contribution in [0.15, 0.2) is 54.6 Å². The molecule has 0 saturated heterocycles. The smallest absolute Gasteiger partial charge is 0.250 e. The Balaban J connectivity index is 2.08. The van der Waals surface area contributed by atoms with Gasteiger partial charge in [0, 0.05) is 11.1 Å². The molecule has 0 fully saturated rings. The number of nitrogens with one attached hydrogen (secondary N) is 1. The SMILES string of the molecule is NC(=O)c1ccccc1NC(=O)C=Cc1ccc(Cl)cc1. The predicted octanol–water partition coefficient (Wildman–Crippen LogP) is 3.09. The number of hydrogen-bond donors (Lipinski definition) is 2. The topological polar surface area (TPSA) is 72.2 Å². The molecule has 0 aromatic heterocycles. The van der Waals surface area contributed by atoms with Crippen molar-refractivity contribution in [2.45, 2.75) is 0 Å². The van der Waals surface area contributed by atoms with Crippen molar-refractivity contribution in [3.05, 3.63) is 70.8 Å². The van der Waals surface area contributed by atoms with Crippen molar-refractivity contribution in [3.8, 4) is 0 Å². The molecule has 2 aromatic carbocycles. The number of carbonyl (C=O) groups is 2. The minimum absolute atomic E-state index is 0.269. The van der Waals surface area contributed by atoms with Crippen LogP contribution >= 0.6 is 11.6 Å². The highest BCUT2D eigenvalue weighted by atomic mass is 35.5. The molecular weight excluding hydrogens is 288 g/mol. The molecule has 0 heterocycles. The van der Waals surface area contributed by atoms with E-state index >= 15 is 0 Å². The van der Waals surface area contributed by atoms with Gasteiger partial charge >= 0.3 is 0 Å². The second-order valence-corrected chi connectivity index (χ2v) is 4.72. The molecule has 0 bridgehead atoms. The number of anilines is 1. The molecule has 0 aliphatic carbocycles. The summed E-state index contributed by atoms with van der Waals surface area (Å²) in [6.07, 6.45) is 3.03. The Kier molecular flexibility index (Phi) is 4.74. The van der Waals surface area contributed by atoms with Crippen molar-refractivity contribution in [3.63, 3.8) is 0 Å². The van der Waals surface area contributed by atoms with Crippen LogP contribution in [0, 0.1) is 0 Å². The number of para-hydroxylation sites is 1. The first kappa shape index (κ1) is 14.8. The standard InChI is InChI=1S/C16H13ClN2O2/c17-12-8-5-11(6-9-12)7-10-15(20)19-14-4-2-1-3-13(14)16(18)21/h1-10H,(H2,18,21)(H,19,20). The maximum Gasteiger partial charge on any atom is 0.250 e. The van der Waals surface area contributed by atoms with Gasteiger partial charge in [0.1, 0.15) is 0 Å². The first-order valence-electron chi connectivity index (χ1n) is 6.20. The maximum absolute atomic E-state index is 11.9. The van der Waals surface area contributed by atoms with Crippen molar-refractivity contribution < 1.29 is 9.59 Å². The van der Waals surface area contributed by atoms with E-state index in [1.165, 1.54) is 6.08 Å². The number of carbonyl (C=O) groups excluding carboxylic acids is 2. The molecule has 4 nitrogen and oxygen atoms in total. The summed E-state index contributed by atoms with van der Waals surface area (Å²) in [6, 6.07) is 13.6. The van der Waals surface area contributed by atoms with Crippen molar-refractivity contribution in [1.82, 2.24) is 0 Å². The Morgan fingerprint density at radius 3 is 2.38 bits per heavy atom. The van der Waals surface area contributed by atoms with E-state index in [1.807, 2.05) is 0 Å². The molecular formula is C16H13ClN2O2. The van der Waals surface area contributed by atoms with E-state index in [9.17, 15) is 9.59 Å². The van der Waals surface area contributed by atoms with E-state index in [-0.39, 0.29) is 11.5 Å². The van der Waals surface area contributed by atoms with E-state index < -0.39 is 5.91 Å². The highest BCUT2D eigenvalue weighted by Crippen LogP contribution is 2.15.